The summed E-state index contributed by atoms with van der Waals surface area (Å²) in [6.45, 7) is 10.4. The number of nitrogens with two attached hydrogens (primary N) is 1. The summed E-state index contributed by atoms with van der Waals surface area (Å²) in [5.41, 5.74) is 5.62. The zero-order valence-corrected chi connectivity index (χ0v) is 18.2. The highest BCUT2D eigenvalue weighted by Gasteiger charge is 2.31. The molecule has 0 aromatic heterocycles. The van der Waals surface area contributed by atoms with E-state index in [-0.39, 0.29) is 54.6 Å². The first-order valence-electron chi connectivity index (χ1n) is 8.75. The Labute approximate surface area is 170 Å². The van der Waals surface area contributed by atoms with Crippen molar-refractivity contribution in [3.05, 3.63) is 0 Å². The minimum atomic E-state index is -0.587. The van der Waals surface area contributed by atoms with Gasteiger partial charge in [0, 0.05) is 32.3 Å². The van der Waals surface area contributed by atoms with Crippen LogP contribution in [0.3, 0.4) is 0 Å². The Bertz CT molecular complexity index is 428. The summed E-state index contributed by atoms with van der Waals surface area (Å²) < 4.78 is 5.39. The quantitative estimate of drug-likeness (QED) is 0.548. The van der Waals surface area contributed by atoms with E-state index < -0.39 is 6.04 Å². The number of likely N-dealkylation sites (tertiary alicyclic amines) is 1. The SMILES string of the molecule is COC1CCN(C(C)(C)CNC(=O)CNC(=O)[C@@H](N)C(C)C)CC1.Cl.Cl. The number of carbonyl (C=O) groups excluding carboxylic acids is 2. The Hall–Kier alpha value is -0.600. The number of nitrogens with one attached hydrogen (secondary N) is 2. The number of piperidine rings is 1. The minimum Gasteiger partial charge on any atom is -0.381 e. The summed E-state index contributed by atoms with van der Waals surface area (Å²) in [6, 6.07) is -0.587. The number of hydrogen-bond donors (Lipinski definition) is 3. The van der Waals surface area contributed by atoms with Crippen molar-refractivity contribution in [2.75, 3.05) is 33.3 Å². The third-order valence-corrected chi connectivity index (χ3v) is 4.79. The lowest BCUT2D eigenvalue weighted by Gasteiger charge is -2.42. The van der Waals surface area contributed by atoms with E-state index in [0.29, 0.717) is 12.6 Å². The summed E-state index contributed by atoms with van der Waals surface area (Å²) in [7, 11) is 1.76. The van der Waals surface area contributed by atoms with E-state index in [9.17, 15) is 9.59 Å². The van der Waals surface area contributed by atoms with Gasteiger partial charge < -0.3 is 21.1 Å². The molecule has 0 bridgehead atoms. The molecule has 0 unspecified atom stereocenters. The number of ether oxygens (including phenoxy) is 1. The normalized spacial score (nSPS) is 17.0. The van der Waals surface area contributed by atoms with E-state index >= 15 is 0 Å². The highest BCUT2D eigenvalue weighted by molar-refractivity contribution is 5.87. The minimum absolute atomic E-state index is 0. The number of methoxy groups -OCH3 is 1. The van der Waals surface area contributed by atoms with Crippen LogP contribution in [0.4, 0.5) is 0 Å². The highest BCUT2D eigenvalue weighted by atomic mass is 35.5. The van der Waals surface area contributed by atoms with E-state index in [1.54, 1.807) is 7.11 Å². The number of hydrogen-bond acceptors (Lipinski definition) is 5. The molecule has 2 amide bonds. The third-order valence-electron chi connectivity index (χ3n) is 4.79. The molecule has 0 spiro atoms. The maximum absolute atomic E-state index is 12.0. The Morgan fingerprint density at radius 1 is 1.19 bits per heavy atom. The molecule has 1 atom stereocenters. The second-order valence-electron chi connectivity index (χ2n) is 7.50. The molecule has 0 saturated carbocycles. The topological polar surface area (TPSA) is 96.7 Å². The van der Waals surface area contributed by atoms with Gasteiger partial charge in [0.1, 0.15) is 0 Å². The zero-order chi connectivity index (χ0) is 18.3. The van der Waals surface area contributed by atoms with Gasteiger partial charge in [0.05, 0.1) is 18.7 Å². The van der Waals surface area contributed by atoms with Gasteiger partial charge in [0.25, 0.3) is 0 Å². The van der Waals surface area contributed by atoms with Gasteiger partial charge in [-0.15, -0.1) is 24.8 Å². The molecule has 156 valence electrons. The molecular formula is C17H36Cl2N4O3. The van der Waals surface area contributed by atoms with E-state index in [1.807, 2.05) is 13.8 Å². The molecule has 0 aromatic rings. The molecule has 1 saturated heterocycles. The van der Waals surface area contributed by atoms with Crippen LogP contribution in [-0.4, -0.2) is 67.7 Å². The van der Waals surface area contributed by atoms with Crippen LogP contribution in [0.15, 0.2) is 0 Å². The van der Waals surface area contributed by atoms with Crippen LogP contribution in [0.25, 0.3) is 0 Å². The Balaban J connectivity index is 0. The Morgan fingerprint density at radius 3 is 2.19 bits per heavy atom. The van der Waals surface area contributed by atoms with Gasteiger partial charge >= 0.3 is 0 Å². The summed E-state index contributed by atoms with van der Waals surface area (Å²) in [5.74, 6) is -0.442. The summed E-state index contributed by atoms with van der Waals surface area (Å²) in [4.78, 5) is 26.1. The largest absolute Gasteiger partial charge is 0.381 e. The monoisotopic (exact) mass is 414 g/mol. The average Bonchev–Trinajstić information content (AvgIpc) is 2.57. The molecule has 26 heavy (non-hydrogen) atoms. The van der Waals surface area contributed by atoms with E-state index in [2.05, 4.69) is 29.4 Å². The van der Waals surface area contributed by atoms with Gasteiger partial charge in [-0.3, -0.25) is 14.5 Å². The Kier molecular flexibility index (Phi) is 13.5. The van der Waals surface area contributed by atoms with Crippen molar-refractivity contribution >= 4 is 36.6 Å². The fourth-order valence-electron chi connectivity index (χ4n) is 2.77. The number of carbonyl (C=O) groups is 2. The van der Waals surface area contributed by atoms with Crippen molar-refractivity contribution < 1.29 is 14.3 Å². The molecular weight excluding hydrogens is 379 g/mol. The molecule has 1 fully saturated rings. The van der Waals surface area contributed by atoms with Crippen molar-refractivity contribution in [1.82, 2.24) is 15.5 Å². The summed E-state index contributed by atoms with van der Waals surface area (Å²) in [6.07, 6.45) is 2.36. The van der Waals surface area contributed by atoms with Crippen LogP contribution >= 0.6 is 24.8 Å². The van der Waals surface area contributed by atoms with Crippen molar-refractivity contribution in [2.24, 2.45) is 11.7 Å². The predicted octanol–water partition coefficient (Wildman–Crippen LogP) is 0.935. The van der Waals surface area contributed by atoms with Gasteiger partial charge in [-0.2, -0.15) is 0 Å². The Morgan fingerprint density at radius 2 is 1.73 bits per heavy atom. The second-order valence-corrected chi connectivity index (χ2v) is 7.50. The molecule has 1 aliphatic rings. The van der Waals surface area contributed by atoms with Crippen molar-refractivity contribution in [1.29, 1.82) is 0 Å². The number of rotatable bonds is 8. The van der Waals surface area contributed by atoms with Gasteiger partial charge in [0.2, 0.25) is 11.8 Å². The van der Waals surface area contributed by atoms with Crippen molar-refractivity contribution in [2.45, 2.75) is 58.2 Å². The third kappa shape index (κ3) is 8.86. The molecule has 4 N–H and O–H groups in total. The second kappa shape index (κ2) is 12.7. The first-order chi connectivity index (χ1) is 11.2. The number of amides is 2. The summed E-state index contributed by atoms with van der Waals surface area (Å²) >= 11 is 0. The molecule has 1 aliphatic heterocycles. The van der Waals surface area contributed by atoms with Crippen LogP contribution in [0.5, 0.6) is 0 Å². The van der Waals surface area contributed by atoms with E-state index in [1.165, 1.54) is 0 Å². The molecule has 7 nitrogen and oxygen atoms in total. The van der Waals surface area contributed by atoms with Gasteiger partial charge in [0.15, 0.2) is 0 Å². The lowest BCUT2D eigenvalue weighted by molar-refractivity contribution is -0.127. The smallest absolute Gasteiger partial charge is 0.239 e. The summed E-state index contributed by atoms with van der Waals surface area (Å²) in [5, 5.41) is 5.49. The van der Waals surface area contributed by atoms with Crippen LogP contribution in [-0.2, 0) is 14.3 Å². The fourth-order valence-corrected chi connectivity index (χ4v) is 2.77. The van der Waals surface area contributed by atoms with E-state index in [0.717, 1.165) is 25.9 Å². The predicted molar refractivity (Wildman–Crippen MR) is 109 cm³/mol. The van der Waals surface area contributed by atoms with Crippen LogP contribution in [0.1, 0.15) is 40.5 Å². The average molecular weight is 415 g/mol. The van der Waals surface area contributed by atoms with E-state index in [4.69, 9.17) is 10.5 Å². The molecule has 0 radical (unpaired) electrons. The van der Waals surface area contributed by atoms with Crippen LogP contribution < -0.4 is 16.4 Å². The molecule has 1 rings (SSSR count). The molecule has 0 aliphatic carbocycles. The van der Waals surface area contributed by atoms with Gasteiger partial charge in [-0.05, 0) is 32.6 Å². The molecule has 9 heteroatoms. The first kappa shape index (κ1) is 27.6. The highest BCUT2D eigenvalue weighted by Crippen LogP contribution is 2.21. The maximum Gasteiger partial charge on any atom is 0.239 e. The zero-order valence-electron chi connectivity index (χ0n) is 16.5. The number of nitrogens with zero attached hydrogens (tertiary/aromatic N) is 1. The standard InChI is InChI=1S/C17H34N4O3.2ClH/c1-12(2)15(18)16(23)19-10-14(22)20-11-17(3,4)21-8-6-13(24-5)7-9-21;;/h12-13,15H,6-11,18H2,1-5H3,(H,19,23)(H,20,22);2*1H/t15-;;/m0../s1. The van der Waals surface area contributed by atoms with Crippen molar-refractivity contribution in [3.63, 3.8) is 0 Å². The van der Waals surface area contributed by atoms with Crippen LogP contribution in [0, 0.1) is 5.92 Å². The molecule has 1 heterocycles. The van der Waals surface area contributed by atoms with Gasteiger partial charge in [-0.1, -0.05) is 13.8 Å². The number of halogens is 2. The van der Waals surface area contributed by atoms with Crippen molar-refractivity contribution in [3.8, 4) is 0 Å². The lowest BCUT2D eigenvalue weighted by atomic mass is 9.97. The first-order valence-corrected chi connectivity index (χ1v) is 8.75. The maximum atomic E-state index is 12.0. The lowest BCUT2D eigenvalue weighted by Crippen LogP contribution is -2.56. The van der Waals surface area contributed by atoms with Crippen LogP contribution in [0.2, 0.25) is 0 Å². The fraction of sp³-hybridized carbons (Fsp3) is 0.882. The van der Waals surface area contributed by atoms with Gasteiger partial charge in [-0.25, -0.2) is 0 Å². The molecule has 0 aromatic carbocycles.